The summed E-state index contributed by atoms with van der Waals surface area (Å²) in [5, 5.41) is 14.8. The molecular weight excluding hydrogens is 271 g/mol. The molecule has 3 N–H and O–H groups in total. The van der Waals surface area contributed by atoms with Gasteiger partial charge in [-0.3, -0.25) is 0 Å². The Hall–Kier alpha value is -1.62. The minimum absolute atomic E-state index is 0.169. The van der Waals surface area contributed by atoms with E-state index in [9.17, 15) is 9.18 Å². The number of halogens is 1. The fourth-order valence-corrected chi connectivity index (χ4v) is 2.65. The summed E-state index contributed by atoms with van der Waals surface area (Å²) >= 11 is 0. The zero-order valence-electron chi connectivity index (χ0n) is 12.4. The van der Waals surface area contributed by atoms with Crippen molar-refractivity contribution in [2.24, 2.45) is 5.92 Å². The van der Waals surface area contributed by atoms with E-state index in [2.05, 4.69) is 10.6 Å². The standard InChI is InChI=1S/C16H23FN2O2/c1-11-2-3-13(8-15(11)17)9-18-16(21)19-14-6-4-12(10-20)5-7-14/h2-3,8,12,14,20H,4-7,9-10H2,1H3,(H2,18,19,21). The molecule has 21 heavy (non-hydrogen) atoms. The zero-order valence-corrected chi connectivity index (χ0v) is 12.4. The van der Waals surface area contributed by atoms with Crippen LogP contribution in [0.15, 0.2) is 18.2 Å². The summed E-state index contributed by atoms with van der Waals surface area (Å²) in [5.74, 6) is 0.124. The minimum Gasteiger partial charge on any atom is -0.396 e. The number of carbonyl (C=O) groups is 1. The van der Waals surface area contributed by atoms with Crippen LogP contribution >= 0.6 is 0 Å². The Balaban J connectivity index is 1.73. The third kappa shape index (κ3) is 4.70. The zero-order chi connectivity index (χ0) is 15.2. The van der Waals surface area contributed by atoms with Crippen molar-refractivity contribution in [1.82, 2.24) is 10.6 Å². The first-order chi connectivity index (χ1) is 10.1. The highest BCUT2D eigenvalue weighted by molar-refractivity contribution is 5.74. The SMILES string of the molecule is Cc1ccc(CNC(=O)NC2CCC(CO)CC2)cc1F. The lowest BCUT2D eigenvalue weighted by atomic mass is 9.87. The fourth-order valence-electron chi connectivity index (χ4n) is 2.65. The summed E-state index contributed by atoms with van der Waals surface area (Å²) in [7, 11) is 0. The van der Waals surface area contributed by atoms with Crippen LogP contribution in [-0.4, -0.2) is 23.8 Å². The van der Waals surface area contributed by atoms with Crippen molar-refractivity contribution in [1.29, 1.82) is 0 Å². The molecule has 116 valence electrons. The molecule has 0 saturated heterocycles. The summed E-state index contributed by atoms with van der Waals surface area (Å²) in [6, 6.07) is 4.92. The Labute approximate surface area is 124 Å². The minimum atomic E-state index is -0.253. The molecule has 1 aliphatic carbocycles. The molecule has 0 spiro atoms. The van der Waals surface area contributed by atoms with Crippen LogP contribution in [0.4, 0.5) is 9.18 Å². The van der Waals surface area contributed by atoms with Gasteiger partial charge in [0.15, 0.2) is 0 Å². The van der Waals surface area contributed by atoms with Crippen LogP contribution in [0.25, 0.3) is 0 Å². The lowest BCUT2D eigenvalue weighted by molar-refractivity contribution is 0.174. The second kappa shape index (κ2) is 7.41. The Morgan fingerprint density at radius 1 is 1.33 bits per heavy atom. The van der Waals surface area contributed by atoms with Crippen LogP contribution in [0.3, 0.4) is 0 Å². The van der Waals surface area contributed by atoms with Crippen LogP contribution in [-0.2, 0) is 6.54 Å². The second-order valence-corrected chi connectivity index (χ2v) is 5.81. The number of aryl methyl sites for hydroxylation is 1. The van der Waals surface area contributed by atoms with Crippen molar-refractivity contribution < 1.29 is 14.3 Å². The number of aliphatic hydroxyl groups is 1. The predicted molar refractivity (Wildman–Crippen MR) is 79.3 cm³/mol. The highest BCUT2D eigenvalue weighted by Gasteiger charge is 2.21. The lowest BCUT2D eigenvalue weighted by Crippen LogP contribution is -2.43. The third-order valence-corrected chi connectivity index (χ3v) is 4.13. The van der Waals surface area contributed by atoms with E-state index in [0.717, 1.165) is 31.2 Å². The second-order valence-electron chi connectivity index (χ2n) is 5.81. The molecule has 0 unspecified atom stereocenters. The molecule has 1 fully saturated rings. The molecule has 1 aromatic rings. The number of aliphatic hydroxyl groups excluding tert-OH is 1. The van der Waals surface area contributed by atoms with Crippen LogP contribution in [0.1, 0.15) is 36.8 Å². The monoisotopic (exact) mass is 294 g/mol. The predicted octanol–water partition coefficient (Wildman–Crippen LogP) is 2.48. The number of benzene rings is 1. The average Bonchev–Trinajstić information content (AvgIpc) is 2.49. The molecule has 0 radical (unpaired) electrons. The van der Waals surface area contributed by atoms with Crippen molar-refractivity contribution in [3.05, 3.63) is 35.1 Å². The summed E-state index contributed by atoms with van der Waals surface area (Å²) < 4.78 is 13.4. The van der Waals surface area contributed by atoms with Gasteiger partial charge in [-0.1, -0.05) is 12.1 Å². The maximum atomic E-state index is 13.4. The van der Waals surface area contributed by atoms with E-state index >= 15 is 0 Å². The first-order valence-electron chi connectivity index (χ1n) is 7.48. The van der Waals surface area contributed by atoms with Crippen molar-refractivity contribution in [3.63, 3.8) is 0 Å². The van der Waals surface area contributed by atoms with Gasteiger partial charge in [0.05, 0.1) is 0 Å². The highest BCUT2D eigenvalue weighted by Crippen LogP contribution is 2.23. The van der Waals surface area contributed by atoms with E-state index in [1.807, 2.05) is 6.07 Å². The third-order valence-electron chi connectivity index (χ3n) is 4.13. The van der Waals surface area contributed by atoms with E-state index in [1.54, 1.807) is 13.0 Å². The Morgan fingerprint density at radius 3 is 2.67 bits per heavy atom. The first-order valence-corrected chi connectivity index (χ1v) is 7.48. The molecular formula is C16H23FN2O2. The van der Waals surface area contributed by atoms with Gasteiger partial charge in [0, 0.05) is 19.2 Å². The molecule has 0 atom stereocenters. The summed E-state index contributed by atoms with van der Waals surface area (Å²) in [4.78, 5) is 11.8. The number of hydrogen-bond donors (Lipinski definition) is 3. The smallest absolute Gasteiger partial charge is 0.315 e. The number of nitrogens with one attached hydrogen (secondary N) is 2. The van der Waals surface area contributed by atoms with Gasteiger partial charge >= 0.3 is 6.03 Å². The van der Waals surface area contributed by atoms with Gasteiger partial charge in [-0.05, 0) is 55.7 Å². The van der Waals surface area contributed by atoms with Crippen LogP contribution in [0, 0.1) is 18.7 Å². The van der Waals surface area contributed by atoms with Crippen LogP contribution < -0.4 is 10.6 Å². The normalized spacial score (nSPS) is 21.9. The molecule has 1 aliphatic rings. The van der Waals surface area contributed by atoms with Gasteiger partial charge in [0.2, 0.25) is 0 Å². The van der Waals surface area contributed by atoms with E-state index < -0.39 is 0 Å². The van der Waals surface area contributed by atoms with Crippen molar-refractivity contribution in [3.8, 4) is 0 Å². The first kappa shape index (κ1) is 15.8. The lowest BCUT2D eigenvalue weighted by Gasteiger charge is -2.27. The fraction of sp³-hybridized carbons (Fsp3) is 0.562. The molecule has 0 bridgehead atoms. The van der Waals surface area contributed by atoms with E-state index in [0.29, 0.717) is 18.0 Å². The molecule has 1 aromatic carbocycles. The molecule has 5 heteroatoms. The molecule has 0 aliphatic heterocycles. The Morgan fingerprint density at radius 2 is 2.05 bits per heavy atom. The molecule has 2 amide bonds. The van der Waals surface area contributed by atoms with E-state index in [-0.39, 0.29) is 24.5 Å². The molecule has 0 aromatic heterocycles. The number of urea groups is 1. The Kier molecular flexibility index (Phi) is 5.56. The number of hydrogen-bond acceptors (Lipinski definition) is 2. The van der Waals surface area contributed by atoms with Gasteiger partial charge in [-0.15, -0.1) is 0 Å². The van der Waals surface area contributed by atoms with Gasteiger partial charge in [-0.2, -0.15) is 0 Å². The maximum absolute atomic E-state index is 13.4. The molecule has 4 nitrogen and oxygen atoms in total. The van der Waals surface area contributed by atoms with Gasteiger partial charge < -0.3 is 15.7 Å². The number of carbonyl (C=O) groups excluding carboxylic acids is 1. The maximum Gasteiger partial charge on any atom is 0.315 e. The van der Waals surface area contributed by atoms with Crippen molar-refractivity contribution in [2.75, 3.05) is 6.61 Å². The van der Waals surface area contributed by atoms with Gasteiger partial charge in [0.25, 0.3) is 0 Å². The van der Waals surface area contributed by atoms with Crippen molar-refractivity contribution >= 4 is 6.03 Å². The highest BCUT2D eigenvalue weighted by atomic mass is 19.1. The van der Waals surface area contributed by atoms with E-state index in [4.69, 9.17) is 5.11 Å². The summed E-state index contributed by atoms with van der Waals surface area (Å²) in [5.41, 5.74) is 1.35. The number of amides is 2. The molecule has 1 saturated carbocycles. The van der Waals surface area contributed by atoms with Gasteiger partial charge in [0.1, 0.15) is 5.82 Å². The van der Waals surface area contributed by atoms with E-state index in [1.165, 1.54) is 6.07 Å². The number of rotatable bonds is 4. The molecule has 0 heterocycles. The van der Waals surface area contributed by atoms with Gasteiger partial charge in [-0.25, -0.2) is 9.18 Å². The average molecular weight is 294 g/mol. The topological polar surface area (TPSA) is 61.4 Å². The van der Waals surface area contributed by atoms with Crippen LogP contribution in [0.2, 0.25) is 0 Å². The largest absolute Gasteiger partial charge is 0.396 e. The Bertz CT molecular complexity index is 485. The van der Waals surface area contributed by atoms with Crippen molar-refractivity contribution in [2.45, 2.75) is 45.2 Å². The quantitative estimate of drug-likeness (QED) is 0.799. The van der Waals surface area contributed by atoms with Crippen LogP contribution in [0.5, 0.6) is 0 Å². The molecule has 2 rings (SSSR count). The summed E-state index contributed by atoms with van der Waals surface area (Å²) in [6.45, 7) is 2.26. The summed E-state index contributed by atoms with van der Waals surface area (Å²) in [6.07, 6.45) is 3.70.